The minimum atomic E-state index is -1.23. The summed E-state index contributed by atoms with van der Waals surface area (Å²) in [5.74, 6) is 0.639. The van der Waals surface area contributed by atoms with E-state index in [4.69, 9.17) is 4.98 Å². The number of aliphatic hydroxyl groups excluding tert-OH is 1. The molecule has 0 saturated carbocycles. The number of fused-ring (bicyclic) bond motifs is 1. The summed E-state index contributed by atoms with van der Waals surface area (Å²) < 4.78 is 17.3. The molecular weight excluding hydrogens is 446 g/mol. The van der Waals surface area contributed by atoms with Crippen LogP contribution in [0.1, 0.15) is 44.6 Å². The molecule has 1 aromatic carbocycles. The zero-order chi connectivity index (χ0) is 24.3. The van der Waals surface area contributed by atoms with E-state index in [0.29, 0.717) is 17.9 Å². The van der Waals surface area contributed by atoms with Crippen molar-refractivity contribution in [3.63, 3.8) is 0 Å². The van der Waals surface area contributed by atoms with E-state index in [9.17, 15) is 9.66 Å². The highest BCUT2D eigenvalue weighted by Gasteiger charge is 2.30. The highest BCUT2D eigenvalue weighted by atomic mass is 32.2. The van der Waals surface area contributed by atoms with Gasteiger partial charge < -0.3 is 9.66 Å². The number of nitrogens with one attached hydrogen (secondary N) is 1. The second-order valence-corrected chi connectivity index (χ2v) is 11.0. The molecule has 3 aromatic heterocycles. The first-order chi connectivity index (χ1) is 16.3. The average Bonchev–Trinajstić information content (AvgIpc) is 3.26. The summed E-state index contributed by atoms with van der Waals surface area (Å²) in [5.41, 5.74) is 4.02. The SMILES string of the molecule is C=CC[C@H](N[S+]([O-])C(C)(C)C)c1cccc(-c2ccc3cnn(-c4cccc(CO)n4)c3c2)n1. The standard InChI is InChI=1S/C26H29N5O2S/c1-5-8-23(30-34(33)26(2,3)4)22-11-7-10-21(29-22)18-13-14-19-16-27-31(24(19)15-18)25-12-6-9-20(17-32)28-25/h5-7,9-16,23,30,32H,1,8,17H2,2-4H3/t23-,34?/m0/s1. The van der Waals surface area contributed by atoms with Gasteiger partial charge in [-0.25, -0.2) is 9.67 Å². The van der Waals surface area contributed by atoms with E-state index in [-0.39, 0.29) is 17.4 Å². The van der Waals surface area contributed by atoms with Gasteiger partial charge in [0.05, 0.1) is 41.4 Å². The highest BCUT2D eigenvalue weighted by molar-refractivity contribution is 7.90. The molecule has 3 heterocycles. The zero-order valence-corrected chi connectivity index (χ0v) is 20.4. The molecule has 0 fully saturated rings. The average molecular weight is 476 g/mol. The second-order valence-electron chi connectivity index (χ2n) is 9.00. The Labute approximate surface area is 202 Å². The van der Waals surface area contributed by atoms with Crippen LogP contribution >= 0.6 is 0 Å². The van der Waals surface area contributed by atoms with Crippen molar-refractivity contribution in [1.29, 1.82) is 0 Å². The van der Waals surface area contributed by atoms with Gasteiger partial charge in [0, 0.05) is 22.3 Å². The van der Waals surface area contributed by atoms with E-state index < -0.39 is 11.4 Å². The summed E-state index contributed by atoms with van der Waals surface area (Å²) in [6.07, 6.45) is 4.21. The highest BCUT2D eigenvalue weighted by Crippen LogP contribution is 2.27. The van der Waals surface area contributed by atoms with Crippen molar-refractivity contribution in [2.75, 3.05) is 0 Å². The summed E-state index contributed by atoms with van der Waals surface area (Å²) in [7, 11) is 0. The minimum Gasteiger partial charge on any atom is -0.598 e. The van der Waals surface area contributed by atoms with Gasteiger partial charge in [-0.2, -0.15) is 5.10 Å². The van der Waals surface area contributed by atoms with Gasteiger partial charge in [-0.15, -0.1) is 11.3 Å². The van der Waals surface area contributed by atoms with Crippen LogP contribution < -0.4 is 4.72 Å². The largest absolute Gasteiger partial charge is 0.598 e. The molecule has 0 saturated heterocycles. The number of rotatable bonds is 8. The molecule has 7 nitrogen and oxygen atoms in total. The molecule has 8 heteroatoms. The molecule has 1 unspecified atom stereocenters. The van der Waals surface area contributed by atoms with Crippen molar-refractivity contribution in [3.8, 4) is 17.1 Å². The predicted molar refractivity (Wildman–Crippen MR) is 137 cm³/mol. The molecule has 0 amide bonds. The molecule has 0 aliphatic carbocycles. The molecule has 4 rings (SSSR count). The van der Waals surface area contributed by atoms with E-state index in [1.807, 2.05) is 75.4 Å². The van der Waals surface area contributed by atoms with Gasteiger partial charge in [-0.3, -0.25) is 4.98 Å². The molecule has 4 aromatic rings. The maximum Gasteiger partial charge on any atom is 0.154 e. The lowest BCUT2D eigenvalue weighted by atomic mass is 10.1. The van der Waals surface area contributed by atoms with E-state index >= 15 is 0 Å². The smallest absolute Gasteiger partial charge is 0.154 e. The van der Waals surface area contributed by atoms with Crippen molar-refractivity contribution in [3.05, 3.63) is 84.8 Å². The number of benzene rings is 1. The topological polar surface area (TPSA) is 98.9 Å². The molecule has 2 atom stereocenters. The van der Waals surface area contributed by atoms with Crippen molar-refractivity contribution in [2.45, 2.75) is 44.6 Å². The molecule has 2 N–H and O–H groups in total. The Kier molecular flexibility index (Phi) is 7.13. The van der Waals surface area contributed by atoms with E-state index in [2.05, 4.69) is 21.4 Å². The number of nitrogens with zero attached hydrogens (tertiary/aromatic N) is 4. The van der Waals surface area contributed by atoms with Crippen LogP contribution in [0.2, 0.25) is 0 Å². The van der Waals surface area contributed by atoms with Gasteiger partial charge in [0.2, 0.25) is 0 Å². The van der Waals surface area contributed by atoms with Crippen LogP contribution in [0.5, 0.6) is 0 Å². The van der Waals surface area contributed by atoms with Gasteiger partial charge in [0.15, 0.2) is 5.82 Å². The monoisotopic (exact) mass is 475 g/mol. The first kappa shape index (κ1) is 24.1. The fourth-order valence-corrected chi connectivity index (χ4v) is 4.37. The molecule has 34 heavy (non-hydrogen) atoms. The third-order valence-corrected chi connectivity index (χ3v) is 6.98. The third-order valence-electron chi connectivity index (χ3n) is 5.37. The van der Waals surface area contributed by atoms with Crippen molar-refractivity contribution < 1.29 is 9.66 Å². The first-order valence-corrected chi connectivity index (χ1v) is 12.3. The van der Waals surface area contributed by atoms with Gasteiger partial charge in [-0.05, 0) is 57.5 Å². The number of pyridine rings is 2. The summed E-state index contributed by atoms with van der Waals surface area (Å²) in [5, 5.41) is 14.9. The van der Waals surface area contributed by atoms with Gasteiger partial charge >= 0.3 is 0 Å². The van der Waals surface area contributed by atoms with Crippen LogP contribution in [0.15, 0.2) is 73.4 Å². The van der Waals surface area contributed by atoms with E-state index in [1.54, 1.807) is 16.9 Å². The van der Waals surface area contributed by atoms with Crippen molar-refractivity contribution >= 4 is 22.3 Å². The Morgan fingerprint density at radius 2 is 1.94 bits per heavy atom. The van der Waals surface area contributed by atoms with Crippen LogP contribution in [-0.2, 0) is 18.0 Å². The fourth-order valence-electron chi connectivity index (χ4n) is 3.54. The Hall–Kier alpha value is -3.04. The summed E-state index contributed by atoms with van der Waals surface area (Å²) in [6, 6.07) is 17.2. The van der Waals surface area contributed by atoms with Crippen molar-refractivity contribution in [2.24, 2.45) is 0 Å². The third kappa shape index (κ3) is 5.20. The fraction of sp³-hybridized carbons (Fsp3) is 0.269. The van der Waals surface area contributed by atoms with Gasteiger partial charge in [-0.1, -0.05) is 30.3 Å². The second kappa shape index (κ2) is 10.1. The molecule has 0 aliphatic heterocycles. The summed E-state index contributed by atoms with van der Waals surface area (Å²) in [6.45, 7) is 9.54. The number of aliphatic hydroxyl groups is 1. The van der Waals surface area contributed by atoms with Crippen LogP contribution in [-0.4, -0.2) is 34.2 Å². The Morgan fingerprint density at radius 1 is 1.15 bits per heavy atom. The Morgan fingerprint density at radius 3 is 2.68 bits per heavy atom. The lowest BCUT2D eigenvalue weighted by molar-refractivity contribution is 0.276. The maximum absolute atomic E-state index is 12.7. The normalized spacial score (nSPS) is 13.7. The quantitative estimate of drug-likeness (QED) is 0.284. The Balaban J connectivity index is 1.70. The lowest BCUT2D eigenvalue weighted by Gasteiger charge is -2.27. The summed E-state index contributed by atoms with van der Waals surface area (Å²) >= 11 is -1.23. The maximum atomic E-state index is 12.7. The Bertz CT molecular complexity index is 1300. The summed E-state index contributed by atoms with van der Waals surface area (Å²) in [4.78, 5) is 9.37. The molecule has 0 spiro atoms. The van der Waals surface area contributed by atoms with Crippen LogP contribution in [0.3, 0.4) is 0 Å². The molecular formula is C26H29N5O2S. The number of hydrogen-bond acceptors (Lipinski definition) is 6. The first-order valence-electron chi connectivity index (χ1n) is 11.1. The van der Waals surface area contributed by atoms with E-state index in [1.165, 1.54) is 0 Å². The number of hydrogen-bond donors (Lipinski definition) is 2. The van der Waals surface area contributed by atoms with Crippen LogP contribution in [0.25, 0.3) is 28.0 Å². The van der Waals surface area contributed by atoms with Crippen LogP contribution in [0.4, 0.5) is 0 Å². The van der Waals surface area contributed by atoms with Crippen LogP contribution in [0, 0.1) is 0 Å². The zero-order valence-electron chi connectivity index (χ0n) is 19.6. The number of aromatic nitrogens is 4. The van der Waals surface area contributed by atoms with Gasteiger partial charge in [0.1, 0.15) is 4.75 Å². The van der Waals surface area contributed by atoms with Crippen molar-refractivity contribution in [1.82, 2.24) is 24.5 Å². The van der Waals surface area contributed by atoms with Gasteiger partial charge in [0.25, 0.3) is 0 Å². The molecule has 176 valence electrons. The molecule has 0 bridgehead atoms. The predicted octanol–water partition coefficient (Wildman–Crippen LogP) is 4.64. The van der Waals surface area contributed by atoms with E-state index in [0.717, 1.165) is 27.9 Å². The lowest BCUT2D eigenvalue weighted by Crippen LogP contribution is -2.41. The molecule has 0 radical (unpaired) electrons. The minimum absolute atomic E-state index is 0.130. The molecule has 0 aliphatic rings.